The van der Waals surface area contributed by atoms with Gasteiger partial charge in [0.1, 0.15) is 0 Å². The van der Waals surface area contributed by atoms with Crippen molar-refractivity contribution < 1.29 is 0 Å². The first-order valence-corrected chi connectivity index (χ1v) is 3.76. The van der Waals surface area contributed by atoms with E-state index in [9.17, 15) is 0 Å². The molecule has 0 aliphatic rings. The third-order valence-electron chi connectivity index (χ3n) is 1.11. The molecule has 1 aromatic rings. The average molecular weight is 155 g/mol. The highest BCUT2D eigenvalue weighted by Gasteiger charge is 1.95. The highest BCUT2D eigenvalue weighted by molar-refractivity contribution is 7.09. The molecule has 0 aliphatic carbocycles. The lowest BCUT2D eigenvalue weighted by Gasteiger charge is -2.08. The van der Waals surface area contributed by atoms with Crippen LogP contribution in [-0.4, -0.2) is 23.8 Å². The van der Waals surface area contributed by atoms with Gasteiger partial charge in [0.2, 0.25) is 0 Å². The smallest absolute Gasteiger partial charge is 0.0794 e. The number of hydrogen-bond acceptors (Lipinski definition) is 4. The lowest BCUT2D eigenvalue weighted by molar-refractivity contribution is 0.353. The Morgan fingerprint density at radius 2 is 2.70 bits per heavy atom. The summed E-state index contributed by atoms with van der Waals surface area (Å²) >= 11 is 1.63. The summed E-state index contributed by atoms with van der Waals surface area (Å²) in [6.07, 6.45) is 1.84. The highest BCUT2D eigenvalue weighted by Crippen LogP contribution is 2.07. The van der Waals surface area contributed by atoms with Gasteiger partial charge in [-0.1, -0.05) is 0 Å². The van der Waals surface area contributed by atoms with Gasteiger partial charge in [-0.2, -0.15) is 5.10 Å². The fourth-order valence-corrected chi connectivity index (χ4v) is 1.24. The molecule has 1 heterocycles. The largest absolute Gasteiger partial charge is 0.295 e. The number of hydrazone groups is 1. The molecule has 0 amide bonds. The van der Waals surface area contributed by atoms with Gasteiger partial charge >= 0.3 is 0 Å². The maximum absolute atomic E-state index is 3.94. The fraction of sp³-hybridized carbons (Fsp3) is 0.333. The Hall–Kier alpha value is -0.900. The van der Waals surface area contributed by atoms with Crippen LogP contribution in [0.5, 0.6) is 0 Å². The van der Waals surface area contributed by atoms with Crippen molar-refractivity contribution in [2.45, 2.75) is 6.54 Å². The van der Waals surface area contributed by atoms with Crippen molar-refractivity contribution in [2.75, 3.05) is 7.05 Å². The molecule has 3 nitrogen and oxygen atoms in total. The number of rotatable bonds is 3. The molecule has 0 aromatic carbocycles. The lowest BCUT2D eigenvalue weighted by atomic mass is 10.5. The van der Waals surface area contributed by atoms with Crippen molar-refractivity contribution in [3.63, 3.8) is 0 Å². The molecule has 0 saturated heterocycles. The molecule has 0 unspecified atom stereocenters. The molecular formula is C6H9N3S. The summed E-state index contributed by atoms with van der Waals surface area (Å²) in [6, 6.07) is 0. The Morgan fingerprint density at radius 3 is 3.20 bits per heavy atom. The van der Waals surface area contributed by atoms with Crippen LogP contribution in [0.2, 0.25) is 0 Å². The fourth-order valence-electron chi connectivity index (χ4n) is 0.596. The normalized spacial score (nSPS) is 9.30. The lowest BCUT2D eigenvalue weighted by Crippen LogP contribution is -2.07. The van der Waals surface area contributed by atoms with Gasteiger partial charge in [0.15, 0.2) is 0 Å². The van der Waals surface area contributed by atoms with E-state index in [1.54, 1.807) is 16.3 Å². The van der Waals surface area contributed by atoms with Gasteiger partial charge in [0.05, 0.1) is 12.1 Å². The Bertz CT molecular complexity index is 195. The van der Waals surface area contributed by atoms with E-state index in [0.717, 1.165) is 6.54 Å². The molecule has 4 heteroatoms. The highest BCUT2D eigenvalue weighted by atomic mass is 32.1. The molecule has 54 valence electrons. The minimum Gasteiger partial charge on any atom is -0.295 e. The van der Waals surface area contributed by atoms with Crippen molar-refractivity contribution in [1.82, 2.24) is 9.99 Å². The van der Waals surface area contributed by atoms with E-state index in [0.29, 0.717) is 0 Å². The van der Waals surface area contributed by atoms with Gasteiger partial charge in [0.25, 0.3) is 0 Å². The molecule has 0 N–H and O–H groups in total. The molecule has 10 heavy (non-hydrogen) atoms. The van der Waals surface area contributed by atoms with E-state index in [4.69, 9.17) is 0 Å². The number of nitrogens with zero attached hydrogens (tertiary/aromatic N) is 3. The van der Waals surface area contributed by atoms with Crippen molar-refractivity contribution >= 4 is 18.1 Å². The molecule has 0 spiro atoms. The van der Waals surface area contributed by atoms with Crippen LogP contribution in [0.15, 0.2) is 16.8 Å². The standard InChI is InChI=1S/C6H9N3S/c1-7-9(2)4-6-3-8-5-10-6/h3,5H,1,4H2,2H3. The van der Waals surface area contributed by atoms with E-state index < -0.39 is 0 Å². The first-order chi connectivity index (χ1) is 4.83. The van der Waals surface area contributed by atoms with E-state index in [1.165, 1.54) is 4.88 Å². The summed E-state index contributed by atoms with van der Waals surface area (Å²) in [5.41, 5.74) is 1.81. The van der Waals surface area contributed by atoms with E-state index in [-0.39, 0.29) is 0 Å². The molecule has 0 bridgehead atoms. The van der Waals surface area contributed by atoms with Crippen LogP contribution in [0.1, 0.15) is 4.88 Å². The summed E-state index contributed by atoms with van der Waals surface area (Å²) in [7, 11) is 1.88. The maximum atomic E-state index is 3.94. The van der Waals surface area contributed by atoms with Crippen LogP contribution in [0.25, 0.3) is 0 Å². The predicted octanol–water partition coefficient (Wildman–Crippen LogP) is 1.19. The number of thiazole rings is 1. The van der Waals surface area contributed by atoms with Crippen LogP contribution < -0.4 is 0 Å². The van der Waals surface area contributed by atoms with Crippen molar-refractivity contribution in [1.29, 1.82) is 0 Å². The van der Waals surface area contributed by atoms with E-state index >= 15 is 0 Å². The number of aromatic nitrogens is 1. The second-order valence-electron chi connectivity index (χ2n) is 1.92. The van der Waals surface area contributed by atoms with Gasteiger partial charge in [-0.3, -0.25) is 9.99 Å². The molecule has 1 aromatic heterocycles. The zero-order valence-electron chi connectivity index (χ0n) is 5.82. The van der Waals surface area contributed by atoms with Crippen LogP contribution >= 0.6 is 11.3 Å². The van der Waals surface area contributed by atoms with Gasteiger partial charge in [-0.05, 0) is 0 Å². The summed E-state index contributed by atoms with van der Waals surface area (Å²) in [4.78, 5) is 5.14. The molecule has 0 saturated carbocycles. The quantitative estimate of drug-likeness (QED) is 0.484. The second kappa shape index (κ2) is 3.31. The summed E-state index contributed by atoms with van der Waals surface area (Å²) in [5, 5.41) is 5.50. The van der Waals surface area contributed by atoms with Crippen LogP contribution in [0.3, 0.4) is 0 Å². The minimum atomic E-state index is 0.800. The molecule has 0 fully saturated rings. The van der Waals surface area contributed by atoms with Crippen LogP contribution in [0.4, 0.5) is 0 Å². The maximum Gasteiger partial charge on any atom is 0.0794 e. The third kappa shape index (κ3) is 1.80. The summed E-state index contributed by atoms with van der Waals surface area (Å²) < 4.78 is 0. The molecule has 0 atom stereocenters. The van der Waals surface area contributed by atoms with Crippen molar-refractivity contribution in [2.24, 2.45) is 5.10 Å². The molecule has 0 aliphatic heterocycles. The Kier molecular flexibility index (Phi) is 2.39. The zero-order chi connectivity index (χ0) is 7.40. The Labute approximate surface area is 64.0 Å². The van der Waals surface area contributed by atoms with Crippen molar-refractivity contribution in [3.05, 3.63) is 16.6 Å². The molecular weight excluding hydrogens is 146 g/mol. The summed E-state index contributed by atoms with van der Waals surface area (Å²) in [5.74, 6) is 0. The Balaban J connectivity index is 2.47. The van der Waals surface area contributed by atoms with Crippen molar-refractivity contribution in [3.8, 4) is 0 Å². The predicted molar refractivity (Wildman–Crippen MR) is 43.1 cm³/mol. The average Bonchev–Trinajstić information content (AvgIpc) is 2.40. The number of hydrogen-bond donors (Lipinski definition) is 0. The second-order valence-corrected chi connectivity index (χ2v) is 2.90. The van der Waals surface area contributed by atoms with Crippen LogP contribution in [0, 0.1) is 0 Å². The monoisotopic (exact) mass is 155 g/mol. The first kappa shape index (κ1) is 7.21. The third-order valence-corrected chi connectivity index (χ3v) is 1.87. The zero-order valence-corrected chi connectivity index (χ0v) is 6.64. The van der Waals surface area contributed by atoms with Crippen LogP contribution in [-0.2, 0) is 6.54 Å². The summed E-state index contributed by atoms with van der Waals surface area (Å²) in [6.45, 7) is 4.20. The SMILES string of the molecule is C=NN(C)Cc1cncs1. The minimum absolute atomic E-state index is 0.800. The van der Waals surface area contributed by atoms with Gasteiger partial charge in [-0.15, -0.1) is 11.3 Å². The molecule has 0 radical (unpaired) electrons. The van der Waals surface area contributed by atoms with Gasteiger partial charge < -0.3 is 0 Å². The van der Waals surface area contributed by atoms with Gasteiger partial charge in [-0.25, -0.2) is 0 Å². The van der Waals surface area contributed by atoms with E-state index in [1.807, 2.05) is 18.8 Å². The topological polar surface area (TPSA) is 28.5 Å². The van der Waals surface area contributed by atoms with E-state index in [2.05, 4.69) is 16.8 Å². The molecule has 1 rings (SSSR count). The first-order valence-electron chi connectivity index (χ1n) is 2.88. The Morgan fingerprint density at radius 1 is 1.90 bits per heavy atom. The van der Waals surface area contributed by atoms with Gasteiger partial charge in [0, 0.05) is 24.8 Å².